The molecule has 2 heterocycles. The third-order valence-corrected chi connectivity index (χ3v) is 7.81. The first-order chi connectivity index (χ1) is 17.9. The normalized spacial score (nSPS) is 17.3. The molecule has 202 valence electrons. The molecular weight excluding hydrogens is 500 g/mol. The van der Waals surface area contributed by atoms with Gasteiger partial charge in [-0.2, -0.15) is 4.98 Å². The molecule has 1 amide bonds. The topological polar surface area (TPSA) is 101 Å². The number of anilines is 1. The number of sulfonamides is 1. The average molecular weight is 537 g/mol. The fourth-order valence-corrected chi connectivity index (χ4v) is 5.82. The van der Waals surface area contributed by atoms with E-state index in [1.807, 2.05) is 36.9 Å². The minimum atomic E-state index is -4.08. The summed E-state index contributed by atoms with van der Waals surface area (Å²) in [5.74, 6) is 0.446. The van der Waals surface area contributed by atoms with Gasteiger partial charge in [-0.3, -0.25) is 4.79 Å². The number of benzene rings is 2. The van der Waals surface area contributed by atoms with Gasteiger partial charge in [0.2, 0.25) is 11.8 Å². The van der Waals surface area contributed by atoms with Crippen LogP contribution >= 0.6 is 0 Å². The van der Waals surface area contributed by atoms with E-state index >= 15 is 0 Å². The molecule has 0 fully saturated rings. The van der Waals surface area contributed by atoms with Gasteiger partial charge in [-0.25, -0.2) is 18.1 Å². The van der Waals surface area contributed by atoms with E-state index in [9.17, 15) is 13.2 Å². The second kappa shape index (κ2) is 11.1. The van der Waals surface area contributed by atoms with Crippen LogP contribution in [0.15, 0.2) is 53.4 Å². The summed E-state index contributed by atoms with van der Waals surface area (Å²) in [6, 6.07) is 13.5. The second-order valence-electron chi connectivity index (χ2n) is 10.8. The van der Waals surface area contributed by atoms with Crippen molar-refractivity contribution < 1.29 is 17.9 Å². The zero-order valence-corrected chi connectivity index (χ0v) is 23.7. The molecule has 4 rings (SSSR count). The Labute approximate surface area is 225 Å². The van der Waals surface area contributed by atoms with Crippen molar-refractivity contribution in [3.63, 3.8) is 0 Å². The van der Waals surface area contributed by atoms with Crippen molar-refractivity contribution in [1.29, 1.82) is 0 Å². The lowest BCUT2D eigenvalue weighted by molar-refractivity contribution is 0.0543. The predicted molar refractivity (Wildman–Crippen MR) is 149 cm³/mol. The fraction of sp³-hybridized carbons (Fsp3) is 0.414. The number of aryl methyl sites for hydroxylation is 2. The fourth-order valence-electron chi connectivity index (χ4n) is 4.83. The van der Waals surface area contributed by atoms with Gasteiger partial charge in [-0.1, -0.05) is 52.0 Å². The molecule has 9 heteroatoms. The summed E-state index contributed by atoms with van der Waals surface area (Å²) in [6.45, 7) is 13.0. The van der Waals surface area contributed by atoms with Gasteiger partial charge in [0.25, 0.3) is 15.9 Å². The number of hydrogen-bond donors (Lipinski definition) is 1. The monoisotopic (exact) mass is 536 g/mol. The van der Waals surface area contributed by atoms with Crippen LogP contribution in [0.4, 0.5) is 5.95 Å². The highest BCUT2D eigenvalue weighted by Gasteiger charge is 2.29. The van der Waals surface area contributed by atoms with Gasteiger partial charge in [0.05, 0.1) is 16.6 Å². The first-order valence-corrected chi connectivity index (χ1v) is 14.4. The van der Waals surface area contributed by atoms with Crippen LogP contribution in [0.2, 0.25) is 0 Å². The lowest BCUT2D eigenvalue weighted by atomic mass is 10.00. The molecule has 1 aliphatic heterocycles. The van der Waals surface area contributed by atoms with E-state index in [-0.39, 0.29) is 41.2 Å². The Kier molecular flexibility index (Phi) is 8.06. The smallest absolute Gasteiger partial charge is 0.264 e. The predicted octanol–water partition coefficient (Wildman–Crippen LogP) is 5.47. The van der Waals surface area contributed by atoms with Crippen molar-refractivity contribution in [3.05, 3.63) is 65.2 Å². The molecule has 4 bridgehead atoms. The minimum Gasteiger partial charge on any atom is -0.475 e. The largest absolute Gasteiger partial charge is 0.475 e. The number of nitrogens with one attached hydrogen (secondary N) is 1. The Hall–Kier alpha value is -3.46. The summed E-state index contributed by atoms with van der Waals surface area (Å²) in [6.07, 6.45) is 0.719. The molecular formula is C29H36N4O4S. The molecule has 8 nitrogen and oxygen atoms in total. The number of amides is 1. The van der Waals surface area contributed by atoms with Crippen molar-refractivity contribution in [2.45, 2.75) is 58.9 Å². The summed E-state index contributed by atoms with van der Waals surface area (Å²) >= 11 is 0. The van der Waals surface area contributed by atoms with Gasteiger partial charge < -0.3 is 9.64 Å². The van der Waals surface area contributed by atoms with Crippen LogP contribution in [0, 0.1) is 25.7 Å². The van der Waals surface area contributed by atoms with E-state index in [0.29, 0.717) is 23.7 Å². The van der Waals surface area contributed by atoms with Crippen molar-refractivity contribution in [1.82, 2.24) is 14.9 Å². The summed E-state index contributed by atoms with van der Waals surface area (Å²) < 4.78 is 35.5. The molecule has 2 aromatic carbocycles. The van der Waals surface area contributed by atoms with Crippen molar-refractivity contribution in [3.8, 4) is 17.1 Å². The van der Waals surface area contributed by atoms with Crippen molar-refractivity contribution in [2.24, 2.45) is 11.8 Å². The maximum Gasteiger partial charge on any atom is 0.264 e. The van der Waals surface area contributed by atoms with E-state index in [1.165, 1.54) is 12.1 Å². The summed E-state index contributed by atoms with van der Waals surface area (Å²) in [5, 5.41) is 0. The number of carbonyl (C=O) groups is 1. The van der Waals surface area contributed by atoms with Crippen LogP contribution in [0.1, 0.15) is 55.6 Å². The highest BCUT2D eigenvalue weighted by molar-refractivity contribution is 7.92. The number of aromatic nitrogens is 2. The molecule has 0 spiro atoms. The molecule has 0 saturated carbocycles. The molecule has 1 aromatic heterocycles. The molecule has 0 saturated heterocycles. The first kappa shape index (κ1) is 27.6. The third kappa shape index (κ3) is 6.15. The van der Waals surface area contributed by atoms with Gasteiger partial charge >= 0.3 is 0 Å². The lowest BCUT2D eigenvalue weighted by Gasteiger charge is -2.34. The third-order valence-electron chi connectivity index (χ3n) is 6.49. The Morgan fingerprint density at radius 1 is 1.00 bits per heavy atom. The number of carbonyl (C=O) groups excluding carboxylic acids is 1. The molecule has 0 radical (unpaired) electrons. The Morgan fingerprint density at radius 2 is 1.68 bits per heavy atom. The van der Waals surface area contributed by atoms with Gasteiger partial charge in [-0.15, -0.1) is 0 Å². The van der Waals surface area contributed by atoms with Gasteiger partial charge in [0.15, 0.2) is 0 Å². The Bertz CT molecular complexity index is 1420. The molecule has 0 aliphatic carbocycles. The highest BCUT2D eigenvalue weighted by atomic mass is 32.2. The van der Waals surface area contributed by atoms with Crippen LogP contribution < -0.4 is 9.46 Å². The van der Waals surface area contributed by atoms with E-state index in [2.05, 4.69) is 42.4 Å². The SMILES string of the molecule is Cc1cccc(C)c1-c1cc2nc(n1)NS(=O)(=O)c1cccc(c1)C(=O)N(CC(C)C)[C@H](CC(C)C)CO2. The number of fused-ring (bicyclic) bond motifs is 4. The van der Waals surface area contributed by atoms with E-state index in [4.69, 9.17) is 4.74 Å². The molecule has 38 heavy (non-hydrogen) atoms. The maximum atomic E-state index is 13.8. The number of rotatable bonds is 5. The number of ether oxygens (including phenoxy) is 1. The minimum absolute atomic E-state index is 0.0314. The number of hydrogen-bond acceptors (Lipinski definition) is 6. The lowest BCUT2D eigenvalue weighted by Crippen LogP contribution is -2.46. The highest BCUT2D eigenvalue weighted by Crippen LogP contribution is 2.30. The zero-order valence-electron chi connectivity index (χ0n) is 22.9. The Balaban J connectivity index is 1.90. The summed E-state index contributed by atoms with van der Waals surface area (Å²) in [4.78, 5) is 24.5. The zero-order chi connectivity index (χ0) is 27.6. The van der Waals surface area contributed by atoms with Gasteiger partial charge in [0, 0.05) is 23.7 Å². The van der Waals surface area contributed by atoms with E-state index in [1.54, 1.807) is 18.2 Å². The van der Waals surface area contributed by atoms with Crippen LogP contribution in [-0.2, 0) is 10.0 Å². The number of nitrogens with zero attached hydrogens (tertiary/aromatic N) is 3. The average Bonchev–Trinajstić information content (AvgIpc) is 2.84. The van der Waals surface area contributed by atoms with Crippen LogP contribution in [0.25, 0.3) is 11.3 Å². The molecule has 0 unspecified atom stereocenters. The van der Waals surface area contributed by atoms with E-state index in [0.717, 1.165) is 23.1 Å². The first-order valence-electron chi connectivity index (χ1n) is 13.0. The second-order valence-corrected chi connectivity index (χ2v) is 12.4. The van der Waals surface area contributed by atoms with Gasteiger partial charge in [0.1, 0.15) is 6.61 Å². The van der Waals surface area contributed by atoms with Crippen molar-refractivity contribution >= 4 is 21.9 Å². The van der Waals surface area contributed by atoms with Crippen LogP contribution in [-0.4, -0.2) is 48.4 Å². The summed E-state index contributed by atoms with van der Waals surface area (Å²) in [5.41, 5.74) is 3.76. The van der Waals surface area contributed by atoms with Crippen molar-refractivity contribution in [2.75, 3.05) is 17.9 Å². The molecule has 3 aromatic rings. The van der Waals surface area contributed by atoms with Crippen LogP contribution in [0.5, 0.6) is 5.88 Å². The standard InChI is InChI=1S/C29H36N4O4S/c1-18(2)13-23-17-37-26-15-25(27-20(5)9-7-10-21(27)6)30-29(31-26)32-38(35,36)24-12-8-11-22(14-24)28(34)33(23)16-19(3)4/h7-12,14-15,18-19,23H,13,16-17H2,1-6H3,(H,30,31,32)/t23-/m1/s1. The Morgan fingerprint density at radius 3 is 2.34 bits per heavy atom. The summed E-state index contributed by atoms with van der Waals surface area (Å²) in [7, 11) is -4.08. The quantitative estimate of drug-likeness (QED) is 0.464. The molecule has 1 N–H and O–H groups in total. The molecule has 1 aliphatic rings. The van der Waals surface area contributed by atoms with Gasteiger partial charge in [-0.05, 0) is 61.4 Å². The molecule has 1 atom stereocenters. The van der Waals surface area contributed by atoms with Crippen LogP contribution in [0.3, 0.4) is 0 Å². The van der Waals surface area contributed by atoms with E-state index < -0.39 is 10.0 Å². The maximum absolute atomic E-state index is 13.8.